The third-order valence-corrected chi connectivity index (χ3v) is 4.24. The zero-order valence-electron chi connectivity index (χ0n) is 10.9. The van der Waals surface area contributed by atoms with Crippen molar-refractivity contribution in [1.29, 1.82) is 0 Å². The molecule has 1 fully saturated rings. The molecule has 1 saturated heterocycles. The van der Waals surface area contributed by atoms with Gasteiger partial charge in [-0.05, 0) is 19.5 Å². The molecule has 6 nitrogen and oxygen atoms in total. The average molecular weight is 279 g/mol. The van der Waals surface area contributed by atoms with Gasteiger partial charge in [-0.3, -0.25) is 9.69 Å². The minimum Gasteiger partial charge on any atom is -0.315 e. The quantitative estimate of drug-likeness (QED) is 0.874. The zero-order chi connectivity index (χ0) is 13.2. The van der Waals surface area contributed by atoms with Gasteiger partial charge in [0, 0.05) is 25.2 Å². The van der Waals surface area contributed by atoms with Crippen molar-refractivity contribution in [3.63, 3.8) is 0 Å². The molecular formula is C12H17N5OS. The highest BCUT2D eigenvalue weighted by atomic mass is 32.1. The molecule has 3 heterocycles. The summed E-state index contributed by atoms with van der Waals surface area (Å²) in [6.07, 6.45) is 1.16. The molecule has 0 radical (unpaired) electrons. The summed E-state index contributed by atoms with van der Waals surface area (Å²) in [5.74, 6) is 0. The van der Waals surface area contributed by atoms with Crippen LogP contribution in [0.15, 0.2) is 16.4 Å². The number of hydrogen-bond donors (Lipinski definition) is 1. The SMILES string of the molecule is CCN(Cc1cc(=O)n2ncsc2n1)C1CCNC1. The van der Waals surface area contributed by atoms with Crippen LogP contribution in [-0.2, 0) is 6.54 Å². The first-order valence-electron chi connectivity index (χ1n) is 6.55. The first kappa shape index (κ1) is 12.7. The molecular weight excluding hydrogens is 262 g/mol. The number of hydrogen-bond acceptors (Lipinski definition) is 6. The Morgan fingerprint density at radius 3 is 3.26 bits per heavy atom. The fraction of sp³-hybridized carbons (Fsp3) is 0.583. The van der Waals surface area contributed by atoms with Crippen molar-refractivity contribution < 1.29 is 0 Å². The Morgan fingerprint density at radius 2 is 2.53 bits per heavy atom. The van der Waals surface area contributed by atoms with E-state index >= 15 is 0 Å². The Bertz CT molecular complexity index is 616. The second-order valence-electron chi connectivity index (χ2n) is 4.73. The van der Waals surface area contributed by atoms with Gasteiger partial charge >= 0.3 is 0 Å². The number of nitrogens with one attached hydrogen (secondary N) is 1. The van der Waals surface area contributed by atoms with Crippen LogP contribution in [0.2, 0.25) is 0 Å². The summed E-state index contributed by atoms with van der Waals surface area (Å²) in [4.78, 5) is 19.4. The summed E-state index contributed by atoms with van der Waals surface area (Å²) < 4.78 is 1.35. The van der Waals surface area contributed by atoms with Gasteiger partial charge in [-0.15, -0.1) is 0 Å². The van der Waals surface area contributed by atoms with Crippen molar-refractivity contribution in [1.82, 2.24) is 24.8 Å². The Balaban J connectivity index is 1.85. The van der Waals surface area contributed by atoms with Crippen molar-refractivity contribution in [2.24, 2.45) is 0 Å². The lowest BCUT2D eigenvalue weighted by Crippen LogP contribution is -2.36. The fourth-order valence-electron chi connectivity index (χ4n) is 2.54. The summed E-state index contributed by atoms with van der Waals surface area (Å²) in [6, 6.07) is 2.14. The van der Waals surface area contributed by atoms with E-state index in [4.69, 9.17) is 0 Å². The molecule has 0 bridgehead atoms. The van der Waals surface area contributed by atoms with Crippen molar-refractivity contribution in [3.8, 4) is 0 Å². The summed E-state index contributed by atoms with van der Waals surface area (Å²) >= 11 is 1.39. The van der Waals surface area contributed by atoms with Crippen molar-refractivity contribution in [2.45, 2.75) is 25.9 Å². The van der Waals surface area contributed by atoms with E-state index in [9.17, 15) is 4.79 Å². The number of rotatable bonds is 4. The highest BCUT2D eigenvalue weighted by Gasteiger charge is 2.21. The summed E-state index contributed by atoms with van der Waals surface area (Å²) in [7, 11) is 0. The molecule has 0 aromatic carbocycles. The lowest BCUT2D eigenvalue weighted by atomic mass is 10.2. The molecule has 1 unspecified atom stereocenters. The van der Waals surface area contributed by atoms with Crippen molar-refractivity contribution in [3.05, 3.63) is 27.6 Å². The molecule has 0 spiro atoms. The Labute approximate surface area is 115 Å². The van der Waals surface area contributed by atoms with E-state index < -0.39 is 0 Å². The maximum Gasteiger partial charge on any atom is 0.275 e. The Kier molecular flexibility index (Phi) is 3.58. The molecule has 2 aromatic heterocycles. The number of aromatic nitrogens is 3. The highest BCUT2D eigenvalue weighted by Crippen LogP contribution is 2.12. The van der Waals surface area contributed by atoms with Gasteiger partial charge in [-0.1, -0.05) is 18.3 Å². The second-order valence-corrected chi connectivity index (χ2v) is 5.54. The van der Waals surface area contributed by atoms with E-state index in [1.807, 2.05) is 0 Å². The lowest BCUT2D eigenvalue weighted by Gasteiger charge is -2.26. The van der Waals surface area contributed by atoms with E-state index in [0.29, 0.717) is 11.0 Å². The van der Waals surface area contributed by atoms with Gasteiger partial charge in [0.15, 0.2) is 0 Å². The average Bonchev–Trinajstić information content (AvgIpc) is 3.06. The normalized spacial score (nSPS) is 19.6. The number of fused-ring (bicyclic) bond motifs is 1. The summed E-state index contributed by atoms with van der Waals surface area (Å²) in [5.41, 5.74) is 2.39. The standard InChI is InChI=1S/C12H17N5OS/c1-2-16(10-3-4-13-6-10)7-9-5-11(18)17-12(15-9)19-8-14-17/h5,8,10,13H,2-4,6-7H2,1H3. The van der Waals surface area contributed by atoms with E-state index in [0.717, 1.165) is 38.3 Å². The van der Waals surface area contributed by atoms with E-state index in [1.165, 1.54) is 15.9 Å². The molecule has 19 heavy (non-hydrogen) atoms. The first-order valence-corrected chi connectivity index (χ1v) is 7.43. The van der Waals surface area contributed by atoms with E-state index in [-0.39, 0.29) is 5.56 Å². The van der Waals surface area contributed by atoms with Gasteiger partial charge in [0.2, 0.25) is 4.96 Å². The van der Waals surface area contributed by atoms with Gasteiger partial charge in [0.25, 0.3) is 5.56 Å². The largest absolute Gasteiger partial charge is 0.315 e. The third kappa shape index (κ3) is 2.54. The number of likely N-dealkylation sites (N-methyl/N-ethyl adjacent to an activating group) is 1. The molecule has 3 rings (SSSR count). The Hall–Kier alpha value is -1.31. The Morgan fingerprint density at radius 1 is 1.63 bits per heavy atom. The van der Waals surface area contributed by atoms with Crippen LogP contribution in [0, 0.1) is 0 Å². The molecule has 1 N–H and O–H groups in total. The van der Waals surface area contributed by atoms with Crippen molar-refractivity contribution in [2.75, 3.05) is 19.6 Å². The predicted octanol–water partition coefficient (Wildman–Crippen LogP) is 0.335. The van der Waals surface area contributed by atoms with Gasteiger partial charge in [0.1, 0.15) is 5.51 Å². The maximum absolute atomic E-state index is 11.9. The zero-order valence-corrected chi connectivity index (χ0v) is 11.7. The molecule has 1 aliphatic rings. The monoisotopic (exact) mass is 279 g/mol. The van der Waals surface area contributed by atoms with Crippen LogP contribution in [0.25, 0.3) is 4.96 Å². The van der Waals surface area contributed by atoms with Crippen LogP contribution in [0.4, 0.5) is 0 Å². The highest BCUT2D eigenvalue weighted by molar-refractivity contribution is 7.14. The van der Waals surface area contributed by atoms with Crippen LogP contribution < -0.4 is 10.9 Å². The first-order chi connectivity index (χ1) is 9.28. The summed E-state index contributed by atoms with van der Waals surface area (Å²) in [6.45, 7) is 5.94. The maximum atomic E-state index is 11.9. The topological polar surface area (TPSA) is 62.5 Å². The number of nitrogens with zero attached hydrogens (tertiary/aromatic N) is 4. The van der Waals surface area contributed by atoms with Gasteiger partial charge < -0.3 is 5.32 Å². The molecule has 0 saturated carbocycles. The van der Waals surface area contributed by atoms with Crippen LogP contribution in [0.5, 0.6) is 0 Å². The van der Waals surface area contributed by atoms with Gasteiger partial charge in [-0.2, -0.15) is 9.61 Å². The lowest BCUT2D eigenvalue weighted by molar-refractivity contribution is 0.208. The molecule has 0 amide bonds. The fourth-order valence-corrected chi connectivity index (χ4v) is 3.18. The minimum atomic E-state index is -0.0955. The van der Waals surface area contributed by atoms with Gasteiger partial charge in [-0.25, -0.2) is 4.98 Å². The molecule has 102 valence electrons. The smallest absolute Gasteiger partial charge is 0.275 e. The molecule has 1 atom stereocenters. The predicted molar refractivity (Wildman–Crippen MR) is 74.5 cm³/mol. The van der Waals surface area contributed by atoms with Gasteiger partial charge in [0.05, 0.1) is 5.69 Å². The molecule has 2 aromatic rings. The second kappa shape index (κ2) is 5.36. The van der Waals surface area contributed by atoms with Crippen LogP contribution >= 0.6 is 11.3 Å². The van der Waals surface area contributed by atoms with E-state index in [2.05, 4.69) is 27.2 Å². The van der Waals surface area contributed by atoms with Crippen LogP contribution in [0.3, 0.4) is 0 Å². The molecule has 7 heteroatoms. The molecule has 1 aliphatic heterocycles. The van der Waals surface area contributed by atoms with Crippen molar-refractivity contribution >= 4 is 16.3 Å². The third-order valence-electron chi connectivity index (χ3n) is 3.56. The van der Waals surface area contributed by atoms with E-state index in [1.54, 1.807) is 11.6 Å². The minimum absolute atomic E-state index is 0.0955. The van der Waals surface area contributed by atoms with Crippen LogP contribution in [0.1, 0.15) is 19.0 Å². The molecule has 0 aliphatic carbocycles. The van der Waals surface area contributed by atoms with Crippen LogP contribution in [-0.4, -0.2) is 45.2 Å². The summed E-state index contributed by atoms with van der Waals surface area (Å²) in [5, 5.41) is 7.35.